The van der Waals surface area contributed by atoms with Gasteiger partial charge in [-0.15, -0.1) is 0 Å². The van der Waals surface area contributed by atoms with Crippen LogP contribution in [-0.4, -0.2) is 71.7 Å². The van der Waals surface area contributed by atoms with Crippen LogP contribution in [0.5, 0.6) is 0 Å². The Morgan fingerprint density at radius 3 is 2.13 bits per heavy atom. The number of guanidine groups is 1. The fourth-order valence-electron chi connectivity index (χ4n) is 5.06. The van der Waals surface area contributed by atoms with Crippen LogP contribution >= 0.6 is 0 Å². The number of nitrogens with one attached hydrogen (secondary N) is 6. The van der Waals surface area contributed by atoms with Crippen molar-refractivity contribution >= 4 is 53.3 Å². The second kappa shape index (κ2) is 20.7. The molecule has 0 aliphatic carbocycles. The summed E-state index contributed by atoms with van der Waals surface area (Å²) in [4.78, 5) is 76.7. The van der Waals surface area contributed by atoms with Crippen LogP contribution in [0.25, 0.3) is 12.2 Å². The molecular formula is C37H43N9O7. The van der Waals surface area contributed by atoms with Gasteiger partial charge in [0.05, 0.1) is 6.54 Å². The van der Waals surface area contributed by atoms with Crippen LogP contribution in [0, 0.1) is 10.1 Å². The van der Waals surface area contributed by atoms with Gasteiger partial charge in [0.1, 0.15) is 23.2 Å². The lowest BCUT2D eigenvalue weighted by Crippen LogP contribution is -2.57. The van der Waals surface area contributed by atoms with Gasteiger partial charge in [0.2, 0.25) is 23.6 Å². The van der Waals surface area contributed by atoms with E-state index in [-0.39, 0.29) is 25.8 Å². The Morgan fingerprint density at radius 1 is 0.830 bits per heavy atom. The molecule has 278 valence electrons. The maximum Gasteiger partial charge on any atom is 0.266 e. The summed E-state index contributed by atoms with van der Waals surface area (Å²) in [5.41, 5.74) is 8.38. The van der Waals surface area contributed by atoms with Crippen LogP contribution in [0.1, 0.15) is 46.8 Å². The fourth-order valence-corrected chi connectivity index (χ4v) is 5.06. The van der Waals surface area contributed by atoms with Crippen molar-refractivity contribution in [3.63, 3.8) is 0 Å². The summed E-state index contributed by atoms with van der Waals surface area (Å²) < 4.78 is 0. The lowest BCUT2D eigenvalue weighted by atomic mass is 10.0. The molecule has 8 N–H and O–H groups in total. The molecule has 5 amide bonds. The first-order valence-electron chi connectivity index (χ1n) is 16.6. The number of benzene rings is 3. The first kappa shape index (κ1) is 40.6. The minimum atomic E-state index is -1.22. The zero-order valence-corrected chi connectivity index (χ0v) is 29.2. The number of nitrogens with two attached hydrogens (primary N) is 1. The topological polar surface area (TPSA) is 239 Å². The van der Waals surface area contributed by atoms with E-state index in [0.29, 0.717) is 22.4 Å². The molecule has 0 aliphatic heterocycles. The van der Waals surface area contributed by atoms with Crippen molar-refractivity contribution in [2.75, 3.05) is 18.4 Å². The standard InChI is InChI=1S/C37H43N9O7/c1-4-26-18-12-19-29(28(26)5-2)42-32(47)23-40-35(50)30(20-13-21-39-37(38)45-46(52)53)43-36(51)31(22-25-14-8-6-9-15-25)44-33(48)24(3)41-34(49)27-16-10-7-11-17-27/h4-12,14-19,24,30-31H,1-2,13,20-23H2,3H3,(H,40,50)(H,41,49)(H,42,47)(H,43,51)(H,44,48)(H3,38,39,45)/t24-,30?,31+/m0/s1. The minimum absolute atomic E-state index is 0.00450. The summed E-state index contributed by atoms with van der Waals surface area (Å²) in [5.74, 6) is -3.56. The molecular weight excluding hydrogens is 682 g/mol. The Kier molecular flexibility index (Phi) is 15.9. The summed E-state index contributed by atoms with van der Waals surface area (Å²) in [6.45, 7) is 8.61. The Bertz CT molecular complexity index is 1820. The number of hydrogen-bond donors (Lipinski definition) is 7. The third kappa shape index (κ3) is 13.4. The maximum absolute atomic E-state index is 13.8. The first-order chi connectivity index (χ1) is 25.4. The summed E-state index contributed by atoms with van der Waals surface area (Å²) in [6.07, 6.45) is 3.39. The molecule has 1 unspecified atom stereocenters. The van der Waals surface area contributed by atoms with Crippen LogP contribution in [0.15, 0.2) is 97.1 Å². The number of hydrazone groups is 1. The highest BCUT2D eigenvalue weighted by molar-refractivity contribution is 6.00. The van der Waals surface area contributed by atoms with Crippen molar-refractivity contribution in [2.24, 2.45) is 10.8 Å². The summed E-state index contributed by atoms with van der Waals surface area (Å²) >= 11 is 0. The van der Waals surface area contributed by atoms with Gasteiger partial charge in [-0.3, -0.25) is 24.0 Å². The van der Waals surface area contributed by atoms with Crippen molar-refractivity contribution in [1.29, 1.82) is 0 Å². The van der Waals surface area contributed by atoms with Crippen molar-refractivity contribution in [1.82, 2.24) is 26.6 Å². The van der Waals surface area contributed by atoms with Crippen LogP contribution in [0.4, 0.5) is 5.69 Å². The molecule has 0 bridgehead atoms. The van der Waals surface area contributed by atoms with Gasteiger partial charge >= 0.3 is 0 Å². The highest BCUT2D eigenvalue weighted by atomic mass is 16.7. The van der Waals surface area contributed by atoms with Crippen LogP contribution in [0.2, 0.25) is 0 Å². The molecule has 0 fully saturated rings. The normalized spacial score (nSPS) is 12.5. The lowest BCUT2D eigenvalue weighted by Gasteiger charge is -2.25. The maximum atomic E-state index is 13.8. The van der Waals surface area contributed by atoms with Crippen LogP contribution in [0.3, 0.4) is 0 Å². The van der Waals surface area contributed by atoms with Gasteiger partial charge in [0.25, 0.3) is 11.9 Å². The number of amides is 5. The van der Waals surface area contributed by atoms with E-state index in [1.807, 2.05) is 0 Å². The predicted octanol–water partition coefficient (Wildman–Crippen LogP) is 1.93. The summed E-state index contributed by atoms with van der Waals surface area (Å²) in [6, 6.07) is 18.9. The Labute approximate surface area is 306 Å². The largest absolute Gasteiger partial charge is 0.365 e. The van der Waals surface area contributed by atoms with Crippen molar-refractivity contribution < 1.29 is 29.0 Å². The van der Waals surface area contributed by atoms with E-state index in [4.69, 9.17) is 5.73 Å². The molecule has 53 heavy (non-hydrogen) atoms. The number of nitrogens with zero attached hydrogens (tertiary/aromatic N) is 2. The van der Waals surface area contributed by atoms with Crippen molar-refractivity contribution in [2.45, 2.75) is 44.3 Å². The van der Waals surface area contributed by atoms with Crippen LogP contribution < -0.4 is 37.6 Å². The average Bonchev–Trinajstić information content (AvgIpc) is 3.14. The minimum Gasteiger partial charge on any atom is -0.365 e. The Hall–Kier alpha value is -6.84. The molecule has 3 aromatic rings. The Balaban J connectivity index is 1.76. The molecule has 3 rings (SSSR count). The zero-order valence-electron chi connectivity index (χ0n) is 29.2. The molecule has 0 heterocycles. The molecule has 0 saturated heterocycles. The second-order valence-electron chi connectivity index (χ2n) is 11.6. The zero-order chi connectivity index (χ0) is 38.8. The van der Waals surface area contributed by atoms with Crippen molar-refractivity contribution in [3.8, 4) is 0 Å². The van der Waals surface area contributed by atoms with Gasteiger partial charge in [-0.25, -0.2) is 10.1 Å². The van der Waals surface area contributed by atoms with E-state index < -0.39 is 65.2 Å². The van der Waals surface area contributed by atoms with E-state index >= 15 is 0 Å². The third-order valence-electron chi connectivity index (χ3n) is 7.75. The van der Waals surface area contributed by atoms with E-state index in [9.17, 15) is 34.1 Å². The summed E-state index contributed by atoms with van der Waals surface area (Å²) in [5, 5.41) is 28.4. The molecule has 16 nitrogen and oxygen atoms in total. The van der Waals surface area contributed by atoms with E-state index in [1.165, 1.54) is 6.92 Å². The number of anilines is 1. The average molecular weight is 726 g/mol. The number of carbonyl (C=O) groups is 5. The molecule has 0 radical (unpaired) electrons. The number of rotatable bonds is 19. The van der Waals surface area contributed by atoms with Gasteiger partial charge in [-0.1, -0.05) is 86.0 Å². The SMILES string of the molecule is C=Cc1cccc(NC(=O)CNC(=O)C(CCCN/C(N)=N\[N+](=O)[O-])NC(=O)[C@@H](Cc2ccccc2)NC(=O)[C@H](C)NC(=O)c2ccccc2)c1C=C. The smallest absolute Gasteiger partial charge is 0.266 e. The lowest BCUT2D eigenvalue weighted by molar-refractivity contribution is -0.485. The molecule has 0 aliphatic rings. The molecule has 0 saturated carbocycles. The quantitative estimate of drug-likeness (QED) is 0.0314. The van der Waals surface area contributed by atoms with E-state index in [2.05, 4.69) is 50.2 Å². The van der Waals surface area contributed by atoms with Gasteiger partial charge in [-0.2, -0.15) is 0 Å². The highest BCUT2D eigenvalue weighted by Gasteiger charge is 2.29. The number of hydrogen-bond acceptors (Lipinski definition) is 7. The van der Waals surface area contributed by atoms with E-state index in [1.54, 1.807) is 91.0 Å². The number of nitro groups is 1. The number of carbonyl (C=O) groups excluding carboxylic acids is 5. The van der Waals surface area contributed by atoms with Gasteiger partial charge in [0.15, 0.2) is 5.03 Å². The first-order valence-corrected chi connectivity index (χ1v) is 16.6. The van der Waals surface area contributed by atoms with Crippen LogP contribution in [-0.2, 0) is 25.6 Å². The molecule has 3 aromatic carbocycles. The fraction of sp³-hybridized carbons (Fsp3) is 0.243. The predicted molar refractivity (Wildman–Crippen MR) is 201 cm³/mol. The Morgan fingerprint density at radius 2 is 1.49 bits per heavy atom. The second-order valence-corrected chi connectivity index (χ2v) is 11.6. The summed E-state index contributed by atoms with van der Waals surface area (Å²) in [7, 11) is 0. The van der Waals surface area contributed by atoms with Gasteiger partial charge in [0, 0.05) is 29.8 Å². The van der Waals surface area contributed by atoms with E-state index in [0.717, 1.165) is 5.56 Å². The molecule has 0 spiro atoms. The monoisotopic (exact) mass is 725 g/mol. The third-order valence-corrected chi connectivity index (χ3v) is 7.75. The van der Waals surface area contributed by atoms with Gasteiger partial charge < -0.3 is 37.6 Å². The highest BCUT2D eigenvalue weighted by Crippen LogP contribution is 2.22. The van der Waals surface area contributed by atoms with Crippen molar-refractivity contribution in [3.05, 3.63) is 124 Å². The molecule has 16 heteroatoms. The van der Waals surface area contributed by atoms with Gasteiger partial charge in [-0.05, 0) is 49.1 Å². The molecule has 0 aromatic heterocycles. The molecule has 3 atom stereocenters.